The highest BCUT2D eigenvalue weighted by molar-refractivity contribution is 7.15. The number of carbonyl (C=O) groups excluding carboxylic acids is 1. The minimum absolute atomic E-state index is 0.0617. The maximum atomic E-state index is 13.4. The van der Waals surface area contributed by atoms with E-state index < -0.39 is 16.6 Å². The van der Waals surface area contributed by atoms with E-state index in [-0.39, 0.29) is 11.3 Å². The highest BCUT2D eigenvalue weighted by atomic mass is 32.1. The van der Waals surface area contributed by atoms with Gasteiger partial charge in [-0.3, -0.25) is 4.79 Å². The van der Waals surface area contributed by atoms with Crippen molar-refractivity contribution >= 4 is 22.4 Å². The van der Waals surface area contributed by atoms with Crippen molar-refractivity contribution in [3.8, 4) is 0 Å². The standard InChI is InChI=1S/C18H28N4O2S/c1-4-16-5-11-6-17(8-16,10-18(24,7-11)9-16)12(23)20-15(2,3)13-21-22-14(19)25-13/h11,24H,4-10H2,1-3H3,(H2,19,22)(H,20,23)/t11-,16-,17+,18+/m0/s1. The normalized spacial score (nSPS) is 39.6. The van der Waals surface area contributed by atoms with Gasteiger partial charge in [-0.2, -0.15) is 0 Å². The van der Waals surface area contributed by atoms with Crippen molar-refractivity contribution in [1.82, 2.24) is 15.5 Å². The molecule has 1 amide bonds. The van der Waals surface area contributed by atoms with Crippen LogP contribution < -0.4 is 11.1 Å². The van der Waals surface area contributed by atoms with Crippen LogP contribution in [0.3, 0.4) is 0 Å². The van der Waals surface area contributed by atoms with Gasteiger partial charge in [0.25, 0.3) is 0 Å². The van der Waals surface area contributed by atoms with Crippen LogP contribution >= 0.6 is 11.3 Å². The summed E-state index contributed by atoms with van der Waals surface area (Å²) in [5.41, 5.74) is 4.11. The third kappa shape index (κ3) is 2.67. The minimum atomic E-state index is -0.663. The van der Waals surface area contributed by atoms with Crippen molar-refractivity contribution in [2.45, 2.75) is 76.9 Å². The van der Waals surface area contributed by atoms with Crippen LogP contribution in [0.5, 0.6) is 0 Å². The first kappa shape index (κ1) is 17.2. The number of carbonyl (C=O) groups is 1. The maximum Gasteiger partial charge on any atom is 0.227 e. The lowest BCUT2D eigenvalue weighted by atomic mass is 9.42. The summed E-state index contributed by atoms with van der Waals surface area (Å²) < 4.78 is 0. The van der Waals surface area contributed by atoms with Crippen molar-refractivity contribution in [3.05, 3.63) is 5.01 Å². The molecule has 4 atom stereocenters. The first-order chi connectivity index (χ1) is 11.6. The van der Waals surface area contributed by atoms with E-state index in [2.05, 4.69) is 22.4 Å². The van der Waals surface area contributed by atoms with Crippen molar-refractivity contribution in [3.63, 3.8) is 0 Å². The number of amides is 1. The second-order valence-corrected chi connectivity index (χ2v) is 10.4. The topological polar surface area (TPSA) is 101 Å². The van der Waals surface area contributed by atoms with Crippen LogP contribution in [0.15, 0.2) is 0 Å². The lowest BCUT2D eigenvalue weighted by molar-refractivity contribution is -0.205. The largest absolute Gasteiger partial charge is 0.390 e. The zero-order valence-electron chi connectivity index (χ0n) is 15.3. The maximum absolute atomic E-state index is 13.4. The van der Waals surface area contributed by atoms with E-state index in [0.717, 1.165) is 38.5 Å². The summed E-state index contributed by atoms with van der Waals surface area (Å²) in [6.07, 6.45) is 6.32. The highest BCUT2D eigenvalue weighted by Gasteiger charge is 2.65. The molecule has 4 N–H and O–H groups in total. The molecule has 4 aliphatic carbocycles. The van der Waals surface area contributed by atoms with Crippen molar-refractivity contribution < 1.29 is 9.90 Å². The van der Waals surface area contributed by atoms with Gasteiger partial charge in [0.1, 0.15) is 5.01 Å². The summed E-state index contributed by atoms with van der Waals surface area (Å²) in [5, 5.41) is 23.4. The Balaban J connectivity index is 1.61. The number of hydrogen-bond donors (Lipinski definition) is 3. The van der Waals surface area contributed by atoms with E-state index in [0.29, 0.717) is 22.5 Å². The lowest BCUT2D eigenvalue weighted by Gasteiger charge is -2.64. The predicted molar refractivity (Wildman–Crippen MR) is 96.8 cm³/mol. The third-order valence-corrected chi connectivity index (χ3v) is 7.86. The van der Waals surface area contributed by atoms with E-state index in [9.17, 15) is 9.90 Å². The van der Waals surface area contributed by atoms with Crippen LogP contribution in [-0.4, -0.2) is 26.8 Å². The van der Waals surface area contributed by atoms with Gasteiger partial charge < -0.3 is 16.2 Å². The number of nitrogens with zero attached hydrogens (tertiary/aromatic N) is 2. The fraction of sp³-hybridized carbons (Fsp3) is 0.833. The molecule has 0 unspecified atom stereocenters. The molecule has 0 saturated heterocycles. The molecule has 4 fully saturated rings. The van der Waals surface area contributed by atoms with Gasteiger partial charge in [0.05, 0.1) is 16.6 Å². The molecule has 5 rings (SSSR count). The van der Waals surface area contributed by atoms with Gasteiger partial charge in [-0.15, -0.1) is 10.2 Å². The van der Waals surface area contributed by atoms with Crippen LogP contribution in [-0.2, 0) is 10.3 Å². The van der Waals surface area contributed by atoms with E-state index in [1.807, 2.05) is 13.8 Å². The zero-order valence-corrected chi connectivity index (χ0v) is 16.1. The molecule has 0 aromatic carbocycles. The first-order valence-electron chi connectivity index (χ1n) is 9.24. The molecule has 4 saturated carbocycles. The Morgan fingerprint density at radius 1 is 1.32 bits per heavy atom. The fourth-order valence-corrected chi connectivity index (χ4v) is 6.86. The molecule has 1 aromatic rings. The van der Waals surface area contributed by atoms with Crippen LogP contribution in [0.25, 0.3) is 0 Å². The average Bonchev–Trinajstić information content (AvgIpc) is 2.92. The van der Waals surface area contributed by atoms with Gasteiger partial charge in [-0.1, -0.05) is 24.7 Å². The van der Waals surface area contributed by atoms with Gasteiger partial charge in [-0.25, -0.2) is 0 Å². The fourth-order valence-electron chi connectivity index (χ4n) is 6.19. The Labute approximate surface area is 152 Å². The number of aromatic nitrogens is 2. The Kier molecular flexibility index (Phi) is 3.55. The molecular formula is C18H28N4O2S. The first-order valence-corrected chi connectivity index (χ1v) is 10.1. The van der Waals surface area contributed by atoms with Gasteiger partial charge >= 0.3 is 0 Å². The van der Waals surface area contributed by atoms with Crippen LogP contribution in [0.2, 0.25) is 0 Å². The van der Waals surface area contributed by atoms with E-state index in [1.54, 1.807) is 0 Å². The molecule has 0 radical (unpaired) electrons. The van der Waals surface area contributed by atoms with Gasteiger partial charge in [0, 0.05) is 0 Å². The van der Waals surface area contributed by atoms with E-state index in [1.165, 1.54) is 11.3 Å². The predicted octanol–water partition coefficient (Wildman–Crippen LogP) is 2.58. The summed E-state index contributed by atoms with van der Waals surface area (Å²) >= 11 is 1.31. The van der Waals surface area contributed by atoms with Gasteiger partial charge in [-0.05, 0) is 63.7 Å². The summed E-state index contributed by atoms with van der Waals surface area (Å²) in [4.78, 5) is 13.4. The van der Waals surface area contributed by atoms with Crippen LogP contribution in [0.4, 0.5) is 5.13 Å². The smallest absolute Gasteiger partial charge is 0.227 e. The summed E-state index contributed by atoms with van der Waals surface area (Å²) in [7, 11) is 0. The molecule has 4 bridgehead atoms. The highest BCUT2D eigenvalue weighted by Crippen LogP contribution is 2.67. The van der Waals surface area contributed by atoms with Crippen molar-refractivity contribution in [1.29, 1.82) is 0 Å². The van der Waals surface area contributed by atoms with Gasteiger partial charge in [0.2, 0.25) is 11.0 Å². The molecule has 138 valence electrons. The quantitative estimate of drug-likeness (QED) is 0.762. The zero-order chi connectivity index (χ0) is 18.1. The molecule has 25 heavy (non-hydrogen) atoms. The summed E-state index contributed by atoms with van der Waals surface area (Å²) in [6, 6.07) is 0. The number of aliphatic hydroxyl groups is 1. The molecule has 7 heteroatoms. The van der Waals surface area contributed by atoms with E-state index >= 15 is 0 Å². The Morgan fingerprint density at radius 2 is 2.08 bits per heavy atom. The monoisotopic (exact) mass is 364 g/mol. The minimum Gasteiger partial charge on any atom is -0.390 e. The molecule has 0 aliphatic heterocycles. The number of hydrogen-bond acceptors (Lipinski definition) is 6. The Hall–Kier alpha value is -1.21. The summed E-state index contributed by atoms with van der Waals surface area (Å²) in [5.74, 6) is 0.527. The van der Waals surface area contributed by atoms with Crippen LogP contribution in [0, 0.1) is 16.7 Å². The second kappa shape index (κ2) is 5.16. The van der Waals surface area contributed by atoms with E-state index in [4.69, 9.17) is 5.73 Å². The number of nitrogens with one attached hydrogen (secondary N) is 1. The number of nitrogen functional groups attached to an aromatic ring is 1. The van der Waals surface area contributed by atoms with Gasteiger partial charge in [0.15, 0.2) is 0 Å². The average molecular weight is 365 g/mol. The summed E-state index contributed by atoms with van der Waals surface area (Å²) in [6.45, 7) is 6.08. The molecule has 6 nitrogen and oxygen atoms in total. The lowest BCUT2D eigenvalue weighted by Crippen LogP contribution is -2.64. The second-order valence-electron chi connectivity index (χ2n) is 9.39. The Morgan fingerprint density at radius 3 is 2.68 bits per heavy atom. The molecular weight excluding hydrogens is 336 g/mol. The van der Waals surface area contributed by atoms with Crippen LogP contribution in [0.1, 0.15) is 70.7 Å². The molecule has 0 spiro atoms. The molecule has 4 aliphatic rings. The number of anilines is 1. The number of rotatable bonds is 4. The Bertz CT molecular complexity index is 720. The molecule has 1 aromatic heterocycles. The SMILES string of the molecule is CC[C@@]12C[C@@H]3C[C@@](O)(C1)C[C@@](C(=O)NC(C)(C)c1nnc(N)s1)(C3)C2. The van der Waals surface area contributed by atoms with Crippen molar-refractivity contribution in [2.75, 3.05) is 5.73 Å². The molecule has 1 heterocycles. The number of nitrogens with two attached hydrogens (primary N) is 1. The third-order valence-electron chi connectivity index (χ3n) is 6.79. The van der Waals surface area contributed by atoms with Crippen molar-refractivity contribution in [2.24, 2.45) is 16.7 Å².